The van der Waals surface area contributed by atoms with E-state index in [1.165, 1.54) is 24.3 Å². The number of fused-ring (bicyclic) bond motifs is 1. The smallest absolute Gasteiger partial charge is 0.311 e. The first-order valence-electron chi connectivity index (χ1n) is 8.67. The van der Waals surface area contributed by atoms with Gasteiger partial charge in [-0.3, -0.25) is 14.4 Å². The molecule has 0 aliphatic carbocycles. The highest BCUT2D eigenvalue weighted by Crippen LogP contribution is 2.14. The number of rotatable bonds is 6. The van der Waals surface area contributed by atoms with Crippen LogP contribution < -0.4 is 10.9 Å². The van der Waals surface area contributed by atoms with E-state index >= 15 is 0 Å². The second-order valence-corrected chi connectivity index (χ2v) is 6.00. The SMILES string of the molecule is CCOC(=O)Cc1nn(CC(=O)Nc2cccc(F)c2)c(=O)c2ccccc12. The number of carbonyl (C=O) groups is 2. The highest BCUT2D eigenvalue weighted by atomic mass is 19.1. The number of amides is 1. The average molecular weight is 383 g/mol. The maximum Gasteiger partial charge on any atom is 0.311 e. The second-order valence-electron chi connectivity index (χ2n) is 6.00. The minimum absolute atomic E-state index is 0.125. The molecule has 3 rings (SSSR count). The van der Waals surface area contributed by atoms with Crippen molar-refractivity contribution in [2.45, 2.75) is 19.9 Å². The number of esters is 1. The molecule has 1 heterocycles. The summed E-state index contributed by atoms with van der Waals surface area (Å²) in [5, 5.41) is 7.58. The van der Waals surface area contributed by atoms with Gasteiger partial charge in [-0.05, 0) is 31.2 Å². The molecular formula is C20H18FN3O4. The van der Waals surface area contributed by atoms with E-state index in [1.807, 2.05) is 0 Å². The van der Waals surface area contributed by atoms with Crippen LogP contribution in [-0.2, 0) is 27.3 Å². The average Bonchev–Trinajstić information content (AvgIpc) is 2.65. The molecule has 0 saturated heterocycles. The Hall–Kier alpha value is -3.55. The van der Waals surface area contributed by atoms with Crippen molar-refractivity contribution in [3.05, 3.63) is 70.4 Å². The highest BCUT2D eigenvalue weighted by Gasteiger charge is 2.16. The Morgan fingerprint density at radius 3 is 2.61 bits per heavy atom. The van der Waals surface area contributed by atoms with Crippen molar-refractivity contribution in [2.24, 2.45) is 0 Å². The Kier molecular flexibility index (Phi) is 5.78. The van der Waals surface area contributed by atoms with Crippen LogP contribution in [-0.4, -0.2) is 28.3 Å². The van der Waals surface area contributed by atoms with Gasteiger partial charge in [-0.25, -0.2) is 9.07 Å². The predicted molar refractivity (Wildman–Crippen MR) is 101 cm³/mol. The lowest BCUT2D eigenvalue weighted by Gasteiger charge is -2.11. The molecular weight excluding hydrogens is 365 g/mol. The van der Waals surface area contributed by atoms with Crippen molar-refractivity contribution in [1.82, 2.24) is 9.78 Å². The fraction of sp³-hybridized carbons (Fsp3) is 0.200. The van der Waals surface area contributed by atoms with E-state index in [0.29, 0.717) is 16.5 Å². The maximum absolute atomic E-state index is 13.3. The van der Waals surface area contributed by atoms with Gasteiger partial charge >= 0.3 is 5.97 Å². The number of anilines is 1. The number of hydrogen-bond donors (Lipinski definition) is 1. The Morgan fingerprint density at radius 1 is 1.14 bits per heavy atom. The number of carbonyl (C=O) groups excluding carboxylic acids is 2. The number of aromatic nitrogens is 2. The van der Waals surface area contributed by atoms with Gasteiger partial charge in [-0.15, -0.1) is 0 Å². The zero-order valence-electron chi connectivity index (χ0n) is 15.1. The monoisotopic (exact) mass is 383 g/mol. The number of hydrogen-bond acceptors (Lipinski definition) is 5. The zero-order chi connectivity index (χ0) is 20.1. The van der Waals surface area contributed by atoms with Gasteiger partial charge in [0.2, 0.25) is 5.91 Å². The molecule has 0 unspecified atom stereocenters. The largest absolute Gasteiger partial charge is 0.466 e. The van der Waals surface area contributed by atoms with Crippen LogP contribution in [0.25, 0.3) is 10.8 Å². The van der Waals surface area contributed by atoms with E-state index in [0.717, 1.165) is 4.68 Å². The molecule has 0 fully saturated rings. The van der Waals surface area contributed by atoms with E-state index in [4.69, 9.17) is 4.74 Å². The molecule has 7 nitrogen and oxygen atoms in total. The van der Waals surface area contributed by atoms with Crippen molar-refractivity contribution in [2.75, 3.05) is 11.9 Å². The molecule has 0 radical (unpaired) electrons. The molecule has 1 amide bonds. The number of ether oxygens (including phenoxy) is 1. The summed E-state index contributed by atoms with van der Waals surface area (Å²) in [6.45, 7) is 1.55. The molecule has 8 heteroatoms. The van der Waals surface area contributed by atoms with Crippen molar-refractivity contribution < 1.29 is 18.7 Å². The van der Waals surface area contributed by atoms with Crippen molar-refractivity contribution in [3.63, 3.8) is 0 Å². The molecule has 0 aliphatic heterocycles. The third-order valence-corrected chi connectivity index (χ3v) is 3.96. The lowest BCUT2D eigenvalue weighted by molar-refractivity contribution is -0.142. The van der Waals surface area contributed by atoms with Crippen LogP contribution in [0.4, 0.5) is 10.1 Å². The van der Waals surface area contributed by atoms with Gasteiger partial charge in [0.15, 0.2) is 0 Å². The van der Waals surface area contributed by atoms with Crippen LogP contribution in [0, 0.1) is 5.82 Å². The molecule has 0 saturated carbocycles. The van der Waals surface area contributed by atoms with E-state index in [2.05, 4.69) is 10.4 Å². The third-order valence-electron chi connectivity index (χ3n) is 3.96. The standard InChI is InChI=1S/C20H18FN3O4/c1-2-28-19(26)11-17-15-8-3-4-9-16(15)20(27)24(23-17)12-18(25)22-14-7-5-6-13(21)10-14/h3-10H,2,11-12H2,1H3,(H,22,25). The summed E-state index contributed by atoms with van der Waals surface area (Å²) >= 11 is 0. The van der Waals surface area contributed by atoms with Crippen LogP contribution in [0.15, 0.2) is 53.3 Å². The Balaban J connectivity index is 1.91. The van der Waals surface area contributed by atoms with Gasteiger partial charge in [0.05, 0.1) is 24.1 Å². The summed E-state index contributed by atoms with van der Waals surface area (Å²) in [6, 6.07) is 12.1. The van der Waals surface area contributed by atoms with Crippen molar-refractivity contribution >= 4 is 28.3 Å². The predicted octanol–water partition coefficient (Wildman–Crippen LogP) is 2.28. The number of halogens is 1. The Bertz CT molecular complexity index is 1090. The summed E-state index contributed by atoms with van der Waals surface area (Å²) in [4.78, 5) is 36.9. The highest BCUT2D eigenvalue weighted by molar-refractivity contribution is 5.91. The van der Waals surface area contributed by atoms with E-state index in [9.17, 15) is 18.8 Å². The molecule has 2 aromatic carbocycles. The van der Waals surface area contributed by atoms with Gasteiger partial charge in [0, 0.05) is 11.1 Å². The van der Waals surface area contributed by atoms with Gasteiger partial charge in [-0.2, -0.15) is 5.10 Å². The number of benzene rings is 2. The fourth-order valence-electron chi connectivity index (χ4n) is 2.79. The van der Waals surface area contributed by atoms with E-state index < -0.39 is 23.3 Å². The van der Waals surface area contributed by atoms with E-state index in [-0.39, 0.29) is 25.3 Å². The van der Waals surface area contributed by atoms with Crippen LogP contribution in [0.5, 0.6) is 0 Å². The molecule has 0 spiro atoms. The summed E-state index contributed by atoms with van der Waals surface area (Å²) in [5.74, 6) is -1.51. The molecule has 0 aliphatic rings. The summed E-state index contributed by atoms with van der Waals surface area (Å²) < 4.78 is 19.2. The number of nitrogens with zero attached hydrogens (tertiary/aromatic N) is 2. The maximum atomic E-state index is 13.3. The fourth-order valence-corrected chi connectivity index (χ4v) is 2.79. The van der Waals surface area contributed by atoms with Crippen LogP contribution >= 0.6 is 0 Å². The van der Waals surface area contributed by atoms with Crippen LogP contribution in [0.1, 0.15) is 12.6 Å². The number of nitrogens with one attached hydrogen (secondary N) is 1. The first-order chi connectivity index (χ1) is 13.5. The normalized spacial score (nSPS) is 10.6. The summed E-state index contributed by atoms with van der Waals surface area (Å²) in [5.41, 5.74) is 0.149. The van der Waals surface area contributed by atoms with Gasteiger partial charge < -0.3 is 10.1 Å². The summed E-state index contributed by atoms with van der Waals surface area (Å²) in [6.07, 6.45) is -0.125. The topological polar surface area (TPSA) is 90.3 Å². The molecule has 144 valence electrons. The van der Waals surface area contributed by atoms with Crippen molar-refractivity contribution in [3.8, 4) is 0 Å². The molecule has 1 N–H and O–H groups in total. The van der Waals surface area contributed by atoms with Gasteiger partial charge in [0.25, 0.3) is 5.56 Å². The first kappa shape index (κ1) is 19.2. The molecule has 0 atom stereocenters. The van der Waals surface area contributed by atoms with E-state index in [1.54, 1.807) is 31.2 Å². The quantitative estimate of drug-likeness (QED) is 0.660. The molecule has 3 aromatic rings. The summed E-state index contributed by atoms with van der Waals surface area (Å²) in [7, 11) is 0. The van der Waals surface area contributed by atoms with Gasteiger partial charge in [0.1, 0.15) is 12.4 Å². The zero-order valence-corrected chi connectivity index (χ0v) is 15.1. The van der Waals surface area contributed by atoms with Crippen LogP contribution in [0.3, 0.4) is 0 Å². The third kappa shape index (κ3) is 4.40. The minimum atomic E-state index is -0.544. The molecule has 28 heavy (non-hydrogen) atoms. The van der Waals surface area contributed by atoms with Crippen LogP contribution in [0.2, 0.25) is 0 Å². The van der Waals surface area contributed by atoms with Gasteiger partial charge in [-0.1, -0.05) is 24.3 Å². The van der Waals surface area contributed by atoms with Crippen molar-refractivity contribution in [1.29, 1.82) is 0 Å². The Labute approximate surface area is 159 Å². The first-order valence-corrected chi connectivity index (χ1v) is 8.67. The Morgan fingerprint density at radius 2 is 1.89 bits per heavy atom. The molecule has 1 aromatic heterocycles. The minimum Gasteiger partial charge on any atom is -0.466 e. The molecule has 0 bridgehead atoms. The second kappa shape index (κ2) is 8.43. The lowest BCUT2D eigenvalue weighted by Crippen LogP contribution is -2.31. The lowest BCUT2D eigenvalue weighted by atomic mass is 10.1.